The summed E-state index contributed by atoms with van der Waals surface area (Å²) in [5.41, 5.74) is 2.15. The van der Waals surface area contributed by atoms with E-state index in [4.69, 9.17) is 4.52 Å². The van der Waals surface area contributed by atoms with Crippen molar-refractivity contribution in [1.29, 1.82) is 0 Å². The number of aromatic nitrogens is 3. The van der Waals surface area contributed by atoms with Gasteiger partial charge in [0.25, 0.3) is 11.6 Å². The van der Waals surface area contributed by atoms with Gasteiger partial charge in [0.2, 0.25) is 0 Å². The molecule has 3 aromatic heterocycles. The van der Waals surface area contributed by atoms with Gasteiger partial charge in [0.1, 0.15) is 11.3 Å². The van der Waals surface area contributed by atoms with Gasteiger partial charge < -0.3 is 4.52 Å². The number of hydrogen-bond donors (Lipinski definition) is 0. The van der Waals surface area contributed by atoms with Gasteiger partial charge in [-0.15, -0.1) is 0 Å². The van der Waals surface area contributed by atoms with Crippen molar-refractivity contribution < 1.29 is 13.7 Å². The third kappa shape index (κ3) is 3.47. The maximum absolute atomic E-state index is 14.4. The van der Waals surface area contributed by atoms with Gasteiger partial charge in [0.15, 0.2) is 0 Å². The standard InChI is InChI=1S/C22H19FN4O2/c1-13(2)24-19-10-6-7-11-27(19)22(28)16-12-18(15-8-4-5-9-17(15)23)25-21-20(16)14(3)26-29-21/h4-13H,1-3H3. The number of fused-ring (bicyclic) bond motifs is 1. The van der Waals surface area contributed by atoms with Crippen LogP contribution < -0.4 is 5.49 Å². The monoisotopic (exact) mass is 390 g/mol. The maximum Gasteiger partial charge on any atom is 0.264 e. The van der Waals surface area contributed by atoms with E-state index >= 15 is 0 Å². The number of hydrogen-bond acceptors (Lipinski definition) is 5. The largest absolute Gasteiger partial charge is 0.335 e. The maximum atomic E-state index is 14.4. The molecule has 0 unspecified atom stereocenters. The molecule has 1 aromatic carbocycles. The van der Waals surface area contributed by atoms with Gasteiger partial charge in [-0.1, -0.05) is 23.4 Å². The Labute approximate surface area is 166 Å². The van der Waals surface area contributed by atoms with Crippen molar-refractivity contribution in [2.75, 3.05) is 0 Å². The van der Waals surface area contributed by atoms with Gasteiger partial charge in [0.05, 0.1) is 22.3 Å². The number of carbonyl (C=O) groups is 1. The van der Waals surface area contributed by atoms with Gasteiger partial charge in [-0.3, -0.25) is 14.4 Å². The molecular formula is C22H19FN4O2. The smallest absolute Gasteiger partial charge is 0.264 e. The number of nitrogens with zero attached hydrogens (tertiary/aromatic N) is 4. The minimum atomic E-state index is -0.433. The van der Waals surface area contributed by atoms with Crippen LogP contribution in [0.2, 0.25) is 0 Å². The fraction of sp³-hybridized carbons (Fsp3) is 0.182. The van der Waals surface area contributed by atoms with E-state index in [-0.39, 0.29) is 23.2 Å². The molecule has 7 heteroatoms. The molecule has 4 rings (SSSR count). The van der Waals surface area contributed by atoms with E-state index in [1.54, 1.807) is 49.5 Å². The number of carbonyl (C=O) groups excluding carboxylic acids is 1. The van der Waals surface area contributed by atoms with Gasteiger partial charge in [0, 0.05) is 17.8 Å². The normalized spacial score (nSPS) is 12.1. The molecule has 0 fully saturated rings. The second kappa shape index (κ2) is 7.43. The first-order valence-corrected chi connectivity index (χ1v) is 9.24. The Balaban J connectivity index is 1.98. The summed E-state index contributed by atoms with van der Waals surface area (Å²) in [6.07, 6.45) is 1.65. The third-order valence-corrected chi connectivity index (χ3v) is 4.44. The summed E-state index contributed by atoms with van der Waals surface area (Å²) in [4.78, 5) is 22.4. The predicted molar refractivity (Wildman–Crippen MR) is 107 cm³/mol. The second-order valence-corrected chi connectivity index (χ2v) is 6.94. The van der Waals surface area contributed by atoms with E-state index in [1.165, 1.54) is 10.6 Å². The highest BCUT2D eigenvalue weighted by molar-refractivity contribution is 6.07. The fourth-order valence-corrected chi connectivity index (χ4v) is 3.18. The fourth-order valence-electron chi connectivity index (χ4n) is 3.18. The van der Waals surface area contributed by atoms with Crippen LogP contribution in [0.25, 0.3) is 22.4 Å². The summed E-state index contributed by atoms with van der Waals surface area (Å²) in [6.45, 7) is 5.61. The van der Waals surface area contributed by atoms with Gasteiger partial charge >= 0.3 is 0 Å². The van der Waals surface area contributed by atoms with Gasteiger partial charge in [-0.05, 0) is 51.1 Å². The molecule has 29 heavy (non-hydrogen) atoms. The van der Waals surface area contributed by atoms with Crippen LogP contribution in [0.4, 0.5) is 4.39 Å². The average Bonchev–Trinajstić information content (AvgIpc) is 3.08. The Morgan fingerprint density at radius 1 is 1.17 bits per heavy atom. The first-order chi connectivity index (χ1) is 14.0. The first kappa shape index (κ1) is 18.7. The zero-order valence-corrected chi connectivity index (χ0v) is 16.3. The highest BCUT2D eigenvalue weighted by atomic mass is 19.1. The highest BCUT2D eigenvalue weighted by Crippen LogP contribution is 2.28. The number of benzene rings is 1. The third-order valence-electron chi connectivity index (χ3n) is 4.44. The molecule has 0 saturated carbocycles. The lowest BCUT2D eigenvalue weighted by atomic mass is 10.0. The highest BCUT2D eigenvalue weighted by Gasteiger charge is 2.21. The van der Waals surface area contributed by atoms with Crippen LogP contribution in [0.1, 0.15) is 29.9 Å². The van der Waals surface area contributed by atoms with Crippen LogP contribution in [-0.4, -0.2) is 26.7 Å². The lowest BCUT2D eigenvalue weighted by Gasteiger charge is -2.10. The summed E-state index contributed by atoms with van der Waals surface area (Å²) < 4.78 is 21.1. The average molecular weight is 390 g/mol. The van der Waals surface area contributed by atoms with Crippen LogP contribution in [0.15, 0.2) is 64.2 Å². The van der Waals surface area contributed by atoms with Crippen molar-refractivity contribution in [2.45, 2.75) is 26.8 Å². The van der Waals surface area contributed by atoms with Crippen LogP contribution in [0.5, 0.6) is 0 Å². The molecule has 0 aliphatic heterocycles. The Kier molecular flexibility index (Phi) is 4.80. The summed E-state index contributed by atoms with van der Waals surface area (Å²) in [5.74, 6) is -0.752. The second-order valence-electron chi connectivity index (χ2n) is 6.94. The van der Waals surface area contributed by atoms with Gasteiger partial charge in [-0.25, -0.2) is 9.37 Å². The Bertz CT molecular complexity index is 1290. The van der Waals surface area contributed by atoms with Crippen LogP contribution in [0, 0.1) is 12.7 Å². The molecule has 0 aliphatic carbocycles. The minimum Gasteiger partial charge on any atom is -0.335 e. The van der Waals surface area contributed by atoms with E-state index in [1.807, 2.05) is 19.9 Å². The molecule has 146 valence electrons. The van der Waals surface area contributed by atoms with E-state index in [9.17, 15) is 9.18 Å². The van der Waals surface area contributed by atoms with Crippen molar-refractivity contribution in [3.05, 3.63) is 77.3 Å². The molecule has 0 aliphatic rings. The molecule has 0 amide bonds. The van der Waals surface area contributed by atoms with Gasteiger partial charge in [-0.2, -0.15) is 0 Å². The topological polar surface area (TPSA) is 73.3 Å². The Morgan fingerprint density at radius 3 is 2.69 bits per heavy atom. The molecule has 0 spiro atoms. The van der Waals surface area contributed by atoms with Crippen molar-refractivity contribution in [2.24, 2.45) is 4.99 Å². The van der Waals surface area contributed by atoms with Crippen molar-refractivity contribution in [1.82, 2.24) is 14.7 Å². The molecule has 0 bridgehead atoms. The first-order valence-electron chi connectivity index (χ1n) is 9.24. The lowest BCUT2D eigenvalue weighted by Crippen LogP contribution is -2.28. The molecule has 0 N–H and O–H groups in total. The molecule has 0 saturated heterocycles. The Morgan fingerprint density at radius 2 is 1.93 bits per heavy atom. The number of aryl methyl sites for hydroxylation is 1. The quantitative estimate of drug-likeness (QED) is 0.527. The summed E-state index contributed by atoms with van der Waals surface area (Å²) >= 11 is 0. The molecule has 0 radical (unpaired) electrons. The molecule has 0 atom stereocenters. The van der Waals surface area contributed by atoms with Crippen molar-refractivity contribution in [3.8, 4) is 11.3 Å². The minimum absolute atomic E-state index is 0.0141. The van der Waals surface area contributed by atoms with Crippen molar-refractivity contribution in [3.63, 3.8) is 0 Å². The van der Waals surface area contributed by atoms with E-state index in [0.29, 0.717) is 27.8 Å². The summed E-state index contributed by atoms with van der Waals surface area (Å²) in [7, 11) is 0. The number of halogens is 1. The lowest BCUT2D eigenvalue weighted by molar-refractivity contribution is 0.0956. The predicted octanol–water partition coefficient (Wildman–Crippen LogP) is 4.14. The Hall–Kier alpha value is -3.61. The number of rotatable bonds is 3. The molecular weight excluding hydrogens is 371 g/mol. The van der Waals surface area contributed by atoms with Crippen LogP contribution in [-0.2, 0) is 0 Å². The van der Waals surface area contributed by atoms with E-state index < -0.39 is 5.82 Å². The molecule has 4 aromatic rings. The summed E-state index contributed by atoms with van der Waals surface area (Å²) in [6, 6.07) is 13.2. The van der Waals surface area contributed by atoms with E-state index in [0.717, 1.165) is 0 Å². The van der Waals surface area contributed by atoms with Crippen molar-refractivity contribution >= 4 is 17.0 Å². The zero-order valence-electron chi connectivity index (χ0n) is 16.3. The SMILES string of the molecule is Cc1noc2nc(-c3ccccc3F)cc(C(=O)n3ccccc3=NC(C)C)c12. The van der Waals surface area contributed by atoms with Crippen LogP contribution in [0.3, 0.4) is 0 Å². The zero-order chi connectivity index (χ0) is 20.5. The van der Waals surface area contributed by atoms with Crippen LogP contribution >= 0.6 is 0 Å². The van der Waals surface area contributed by atoms with E-state index in [2.05, 4.69) is 15.1 Å². The molecule has 6 nitrogen and oxygen atoms in total. The summed E-state index contributed by atoms with van der Waals surface area (Å²) in [5, 5.41) is 4.45. The number of pyridine rings is 2. The molecule has 3 heterocycles.